The lowest BCUT2D eigenvalue weighted by Crippen LogP contribution is -2.23. The molecule has 1 aromatic heterocycles. The van der Waals surface area contributed by atoms with Gasteiger partial charge in [0.05, 0.1) is 17.1 Å². The summed E-state index contributed by atoms with van der Waals surface area (Å²) in [5.41, 5.74) is -0.144. The standard InChI is InChI=1S/C7H6O3.C5H4N2O3/c8-6-4-2-1-3-5(6)7(9)10;8-6-3-1-5(2-4-6)7(9)10/h1-4,8H,(H,9,10);1-4H. The highest BCUT2D eigenvalue weighted by Crippen LogP contribution is 2.14. The molecule has 1 heterocycles. The number of aromatic nitrogens is 1. The largest absolute Gasteiger partial charge is 0.619 e. The number of aromatic carboxylic acids is 1. The fourth-order valence-electron chi connectivity index (χ4n) is 1.18. The minimum Gasteiger partial charge on any atom is -0.619 e. The molecule has 0 aliphatic carbocycles. The second-order valence-corrected chi connectivity index (χ2v) is 3.50. The third kappa shape index (κ3) is 4.26. The average molecular weight is 278 g/mol. The van der Waals surface area contributed by atoms with Crippen molar-refractivity contribution in [3.63, 3.8) is 0 Å². The van der Waals surface area contributed by atoms with Crippen LogP contribution in [0.5, 0.6) is 5.75 Å². The summed E-state index contributed by atoms with van der Waals surface area (Å²) in [6, 6.07) is 8.10. The second-order valence-electron chi connectivity index (χ2n) is 3.50. The van der Waals surface area contributed by atoms with Crippen LogP contribution in [0.3, 0.4) is 0 Å². The molecule has 0 aliphatic rings. The molecule has 2 rings (SSSR count). The number of hydrogen-bond donors (Lipinski definition) is 2. The zero-order valence-corrected chi connectivity index (χ0v) is 10.0. The molecule has 0 saturated heterocycles. The van der Waals surface area contributed by atoms with Gasteiger partial charge < -0.3 is 15.4 Å². The zero-order chi connectivity index (χ0) is 15.1. The van der Waals surface area contributed by atoms with Crippen LogP contribution in [-0.4, -0.2) is 21.1 Å². The lowest BCUT2D eigenvalue weighted by Gasteiger charge is -1.95. The smallest absolute Gasteiger partial charge is 0.339 e. The Bertz CT molecular complexity index is 612. The van der Waals surface area contributed by atoms with E-state index in [1.165, 1.54) is 12.1 Å². The van der Waals surface area contributed by atoms with Crippen molar-refractivity contribution >= 4 is 11.7 Å². The van der Waals surface area contributed by atoms with Crippen LogP contribution in [0.4, 0.5) is 5.69 Å². The van der Waals surface area contributed by atoms with Crippen molar-refractivity contribution in [1.29, 1.82) is 0 Å². The molecule has 2 aromatic rings. The zero-order valence-electron chi connectivity index (χ0n) is 10.0. The number of hydrogen-bond acceptors (Lipinski definition) is 5. The van der Waals surface area contributed by atoms with Gasteiger partial charge in [-0.05, 0) is 12.1 Å². The third-order valence-electron chi connectivity index (χ3n) is 2.13. The van der Waals surface area contributed by atoms with Crippen molar-refractivity contribution in [1.82, 2.24) is 0 Å². The Labute approximate surface area is 112 Å². The number of carboxylic acid groups (broad SMARTS) is 1. The van der Waals surface area contributed by atoms with Crippen LogP contribution in [0, 0.1) is 15.3 Å². The molecule has 0 spiro atoms. The van der Waals surface area contributed by atoms with Crippen LogP contribution in [0.25, 0.3) is 0 Å². The summed E-state index contributed by atoms with van der Waals surface area (Å²) >= 11 is 0. The second kappa shape index (κ2) is 6.69. The van der Waals surface area contributed by atoms with E-state index >= 15 is 0 Å². The normalized spacial score (nSPS) is 9.20. The number of carbonyl (C=O) groups is 1. The van der Waals surface area contributed by atoms with Gasteiger partial charge in [0.2, 0.25) is 0 Å². The van der Waals surface area contributed by atoms with Gasteiger partial charge in [-0.2, -0.15) is 4.73 Å². The van der Waals surface area contributed by atoms with Crippen molar-refractivity contribution in [2.45, 2.75) is 0 Å². The van der Waals surface area contributed by atoms with Gasteiger partial charge in [-0.1, -0.05) is 12.1 Å². The molecule has 0 fully saturated rings. The summed E-state index contributed by atoms with van der Waals surface area (Å²) in [4.78, 5) is 19.7. The summed E-state index contributed by atoms with van der Waals surface area (Å²) in [7, 11) is 0. The molecule has 0 saturated carbocycles. The van der Waals surface area contributed by atoms with E-state index in [-0.39, 0.29) is 17.0 Å². The minimum atomic E-state index is -1.11. The molecule has 2 N–H and O–H groups in total. The Morgan fingerprint density at radius 3 is 2.10 bits per heavy atom. The fourth-order valence-corrected chi connectivity index (χ4v) is 1.18. The van der Waals surface area contributed by atoms with Crippen molar-refractivity contribution in [2.75, 3.05) is 0 Å². The molecule has 0 atom stereocenters. The number of para-hydroxylation sites is 1. The van der Waals surface area contributed by atoms with Gasteiger partial charge >= 0.3 is 5.97 Å². The highest BCUT2D eigenvalue weighted by Gasteiger charge is 2.05. The summed E-state index contributed by atoms with van der Waals surface area (Å²) in [6.07, 6.45) is 2.16. The van der Waals surface area contributed by atoms with E-state index in [9.17, 15) is 20.1 Å². The number of benzene rings is 1. The van der Waals surface area contributed by atoms with Crippen LogP contribution in [-0.2, 0) is 0 Å². The Balaban J connectivity index is 0.000000200. The lowest BCUT2D eigenvalue weighted by atomic mass is 10.2. The lowest BCUT2D eigenvalue weighted by molar-refractivity contribution is -0.606. The predicted octanol–water partition coefficient (Wildman–Crippen LogP) is 1.32. The number of carboxylic acids is 1. The Morgan fingerprint density at radius 2 is 1.70 bits per heavy atom. The first-order chi connectivity index (χ1) is 9.41. The van der Waals surface area contributed by atoms with E-state index in [2.05, 4.69) is 0 Å². The summed E-state index contributed by atoms with van der Waals surface area (Å²) in [6.45, 7) is 0. The number of nitrogens with zero attached hydrogens (tertiary/aromatic N) is 2. The maximum Gasteiger partial charge on any atom is 0.339 e. The van der Waals surface area contributed by atoms with Gasteiger partial charge in [-0.3, -0.25) is 10.1 Å². The van der Waals surface area contributed by atoms with Crippen LogP contribution >= 0.6 is 0 Å². The molecule has 1 aromatic carbocycles. The minimum absolute atomic E-state index is 0.0671. The number of nitro groups is 1. The first-order valence-corrected chi connectivity index (χ1v) is 5.26. The maximum atomic E-state index is 10.3. The van der Waals surface area contributed by atoms with E-state index < -0.39 is 10.9 Å². The van der Waals surface area contributed by atoms with Gasteiger partial charge in [0.15, 0.2) is 12.4 Å². The van der Waals surface area contributed by atoms with Gasteiger partial charge in [0.25, 0.3) is 5.69 Å². The van der Waals surface area contributed by atoms with Crippen LogP contribution in [0.2, 0.25) is 0 Å². The van der Waals surface area contributed by atoms with E-state index in [0.717, 1.165) is 24.5 Å². The topological polar surface area (TPSA) is 128 Å². The molecule has 0 aliphatic heterocycles. The highest BCUT2D eigenvalue weighted by molar-refractivity contribution is 5.90. The molecule has 104 valence electrons. The molecule has 8 heteroatoms. The van der Waals surface area contributed by atoms with Crippen molar-refractivity contribution in [3.8, 4) is 5.75 Å². The van der Waals surface area contributed by atoms with Gasteiger partial charge in [-0.25, -0.2) is 4.79 Å². The number of pyridine rings is 1. The van der Waals surface area contributed by atoms with E-state index in [1.807, 2.05) is 0 Å². The quantitative estimate of drug-likeness (QED) is 0.369. The Morgan fingerprint density at radius 1 is 1.15 bits per heavy atom. The number of phenols is 1. The average Bonchev–Trinajstić information content (AvgIpc) is 2.40. The van der Waals surface area contributed by atoms with Crippen molar-refractivity contribution in [2.24, 2.45) is 0 Å². The molecule has 0 unspecified atom stereocenters. The number of aromatic hydroxyl groups is 1. The van der Waals surface area contributed by atoms with E-state index in [4.69, 9.17) is 10.2 Å². The predicted molar refractivity (Wildman–Crippen MR) is 67.1 cm³/mol. The molecule has 8 nitrogen and oxygen atoms in total. The first-order valence-electron chi connectivity index (χ1n) is 5.26. The van der Waals surface area contributed by atoms with Crippen molar-refractivity contribution < 1.29 is 24.7 Å². The highest BCUT2D eigenvalue weighted by atomic mass is 16.6. The Kier molecular flexibility index (Phi) is 4.98. The van der Waals surface area contributed by atoms with E-state index in [0.29, 0.717) is 4.73 Å². The van der Waals surface area contributed by atoms with Crippen molar-refractivity contribution in [3.05, 3.63) is 69.7 Å². The molecule has 20 heavy (non-hydrogen) atoms. The third-order valence-corrected chi connectivity index (χ3v) is 2.13. The van der Waals surface area contributed by atoms with Gasteiger partial charge in [0.1, 0.15) is 11.3 Å². The van der Waals surface area contributed by atoms with E-state index in [1.54, 1.807) is 12.1 Å². The SMILES string of the molecule is O=C(O)c1ccccc1O.O=[N+]([O-])c1cc[n+]([O-])cc1. The first kappa shape index (κ1) is 14.9. The fraction of sp³-hybridized carbons (Fsp3) is 0. The molecule has 0 bridgehead atoms. The Hall–Kier alpha value is -3.16. The summed E-state index contributed by atoms with van der Waals surface area (Å²) in [5.74, 6) is -1.31. The maximum absolute atomic E-state index is 10.3. The summed E-state index contributed by atoms with van der Waals surface area (Å²) < 4.78 is 0.493. The molecule has 0 amide bonds. The monoisotopic (exact) mass is 278 g/mol. The van der Waals surface area contributed by atoms with Gasteiger partial charge in [-0.15, -0.1) is 0 Å². The molecular formula is C12H10N2O6. The molecular weight excluding hydrogens is 268 g/mol. The van der Waals surface area contributed by atoms with Gasteiger partial charge in [0, 0.05) is 0 Å². The number of rotatable bonds is 2. The summed E-state index contributed by atoms with van der Waals surface area (Å²) in [5, 5.41) is 37.7. The molecule has 0 radical (unpaired) electrons. The van der Waals surface area contributed by atoms with Crippen LogP contribution in [0.1, 0.15) is 10.4 Å². The van der Waals surface area contributed by atoms with Crippen LogP contribution < -0.4 is 4.73 Å². The van der Waals surface area contributed by atoms with Crippen LogP contribution in [0.15, 0.2) is 48.8 Å².